The molecule has 3 N–H and O–H groups in total. The fourth-order valence-corrected chi connectivity index (χ4v) is 7.44. The lowest BCUT2D eigenvalue weighted by atomic mass is 9.80. The van der Waals surface area contributed by atoms with Crippen molar-refractivity contribution in [3.8, 4) is 18.1 Å². The first-order valence-electron chi connectivity index (χ1n) is 14.5. The summed E-state index contributed by atoms with van der Waals surface area (Å²) < 4.78 is 6.68. The maximum Gasteiger partial charge on any atom is 0.321 e. The number of hydrogen-bond donors (Lipinski definition) is 3. The van der Waals surface area contributed by atoms with Gasteiger partial charge in [0, 0.05) is 12.3 Å². The standard InChI is InChI=1S/C31H30N6O5S/c1-3-31(18-7-8-18,29-35-26-22(42-2)13-17(14-23(26)43-29)16-5-4-6-16)36-30(41)33-24-11-9-19-20(32-24)15-37(28(19)40)21-10-12-25(38)34-27(21)39/h1,9,11,13-14,16,18,21H,4-8,10,12,15H2,2H3,(H,34,38,39)(H2,32,33,36,41)/t21?,31-/m0/s1. The lowest BCUT2D eigenvalue weighted by molar-refractivity contribution is -0.136. The number of anilines is 1. The van der Waals surface area contributed by atoms with Crippen LogP contribution in [0.2, 0.25) is 0 Å². The van der Waals surface area contributed by atoms with Crippen molar-refractivity contribution in [2.75, 3.05) is 12.4 Å². The van der Waals surface area contributed by atoms with E-state index in [1.165, 1.54) is 28.2 Å². The molecule has 220 valence electrons. The van der Waals surface area contributed by atoms with Gasteiger partial charge in [0.1, 0.15) is 28.1 Å². The van der Waals surface area contributed by atoms with Gasteiger partial charge in [-0.3, -0.25) is 25.0 Å². The summed E-state index contributed by atoms with van der Waals surface area (Å²) in [4.78, 5) is 61.1. The molecule has 3 aromatic rings. The molecule has 11 nitrogen and oxygen atoms in total. The number of urea groups is 1. The molecule has 2 saturated carbocycles. The van der Waals surface area contributed by atoms with E-state index in [4.69, 9.17) is 16.1 Å². The predicted octanol–water partition coefficient (Wildman–Crippen LogP) is 3.79. The van der Waals surface area contributed by atoms with Gasteiger partial charge in [0.25, 0.3) is 5.91 Å². The number of piperidine rings is 1. The molecule has 2 aliphatic carbocycles. The molecular weight excluding hydrogens is 568 g/mol. The van der Waals surface area contributed by atoms with Gasteiger partial charge < -0.3 is 15.0 Å². The van der Waals surface area contributed by atoms with E-state index in [0.717, 1.165) is 35.9 Å². The normalized spacial score (nSPS) is 21.4. The number of terminal acetylenes is 1. The molecule has 2 aromatic heterocycles. The zero-order valence-electron chi connectivity index (χ0n) is 23.6. The molecule has 2 atom stereocenters. The average molecular weight is 599 g/mol. The Morgan fingerprint density at radius 3 is 2.65 bits per heavy atom. The van der Waals surface area contributed by atoms with Crippen molar-refractivity contribution < 1.29 is 23.9 Å². The Balaban J connectivity index is 1.12. The molecule has 7 rings (SSSR count). The van der Waals surface area contributed by atoms with Crippen LogP contribution in [-0.2, 0) is 21.7 Å². The number of rotatable bonds is 7. The number of amides is 5. The molecule has 5 amide bonds. The summed E-state index contributed by atoms with van der Waals surface area (Å²) in [7, 11) is 1.64. The lowest BCUT2D eigenvalue weighted by Crippen LogP contribution is -2.52. The first-order valence-corrected chi connectivity index (χ1v) is 15.3. The SMILES string of the molecule is C#C[C@@](NC(=O)Nc1ccc2c(n1)CN(C1CCC(=O)NC1=O)C2=O)(c1nc2c(OC)cc(C3CCC3)cc2s1)C1CC1. The Bertz CT molecular complexity index is 1740. The molecule has 0 radical (unpaired) electrons. The van der Waals surface area contributed by atoms with Crippen LogP contribution in [0.15, 0.2) is 24.3 Å². The number of pyridine rings is 1. The zero-order valence-corrected chi connectivity index (χ0v) is 24.4. The number of nitrogens with one attached hydrogen (secondary N) is 3. The van der Waals surface area contributed by atoms with E-state index in [2.05, 4.69) is 39.0 Å². The smallest absolute Gasteiger partial charge is 0.321 e. The summed E-state index contributed by atoms with van der Waals surface area (Å²) >= 11 is 1.48. The number of hydrogen-bond acceptors (Lipinski definition) is 8. The molecule has 2 aliphatic heterocycles. The Labute approximate surface area is 251 Å². The Morgan fingerprint density at radius 2 is 1.98 bits per heavy atom. The summed E-state index contributed by atoms with van der Waals surface area (Å²) in [6.07, 6.45) is 11.9. The summed E-state index contributed by atoms with van der Waals surface area (Å²) in [6, 6.07) is 6.09. The number of ether oxygens (including phenoxy) is 1. The van der Waals surface area contributed by atoms with Crippen LogP contribution >= 0.6 is 11.3 Å². The van der Waals surface area contributed by atoms with E-state index in [-0.39, 0.29) is 42.9 Å². The van der Waals surface area contributed by atoms with E-state index in [9.17, 15) is 19.2 Å². The highest BCUT2D eigenvalue weighted by atomic mass is 32.1. The van der Waals surface area contributed by atoms with Crippen LogP contribution in [0.4, 0.5) is 10.6 Å². The number of imide groups is 1. The van der Waals surface area contributed by atoms with Crippen LogP contribution in [0.1, 0.15) is 77.5 Å². The molecule has 4 aliphatic rings. The fourth-order valence-electron chi connectivity index (χ4n) is 6.21. The van der Waals surface area contributed by atoms with Crippen LogP contribution < -0.4 is 20.7 Å². The fraction of sp³-hybridized carbons (Fsp3) is 0.419. The molecule has 1 aromatic carbocycles. The van der Waals surface area contributed by atoms with Gasteiger partial charge in [-0.25, -0.2) is 14.8 Å². The average Bonchev–Trinajstić information content (AvgIpc) is 3.64. The van der Waals surface area contributed by atoms with Crippen molar-refractivity contribution >= 4 is 51.1 Å². The highest BCUT2D eigenvalue weighted by Crippen LogP contribution is 2.49. The number of carbonyl (C=O) groups excluding carboxylic acids is 4. The van der Waals surface area contributed by atoms with Gasteiger partial charge in [-0.15, -0.1) is 17.8 Å². The second kappa shape index (κ2) is 10.3. The van der Waals surface area contributed by atoms with Gasteiger partial charge in [-0.2, -0.15) is 0 Å². The minimum absolute atomic E-state index is 0.0357. The maximum absolute atomic E-state index is 13.4. The minimum atomic E-state index is -1.11. The van der Waals surface area contributed by atoms with Crippen LogP contribution in [0.25, 0.3) is 10.2 Å². The monoisotopic (exact) mass is 598 g/mol. The Kier molecular flexibility index (Phi) is 6.58. The summed E-state index contributed by atoms with van der Waals surface area (Å²) in [5, 5.41) is 8.73. The minimum Gasteiger partial charge on any atom is -0.494 e. The van der Waals surface area contributed by atoms with E-state index in [1.807, 2.05) is 0 Å². The highest BCUT2D eigenvalue weighted by molar-refractivity contribution is 7.18. The van der Waals surface area contributed by atoms with Crippen LogP contribution in [-0.4, -0.2) is 51.8 Å². The largest absolute Gasteiger partial charge is 0.494 e. The topological polar surface area (TPSA) is 143 Å². The predicted molar refractivity (Wildman–Crippen MR) is 158 cm³/mol. The quantitative estimate of drug-likeness (QED) is 0.277. The van der Waals surface area contributed by atoms with Gasteiger partial charge in [-0.05, 0) is 67.9 Å². The second-order valence-electron chi connectivity index (χ2n) is 11.6. The first kappa shape index (κ1) is 27.3. The van der Waals surface area contributed by atoms with Crippen molar-refractivity contribution in [2.45, 2.75) is 69.0 Å². The van der Waals surface area contributed by atoms with Gasteiger partial charge in [0.05, 0.1) is 29.6 Å². The number of aromatic nitrogens is 2. The van der Waals surface area contributed by atoms with Crippen LogP contribution in [0.5, 0.6) is 5.75 Å². The van der Waals surface area contributed by atoms with Crippen molar-refractivity contribution in [2.24, 2.45) is 5.92 Å². The molecule has 4 heterocycles. The van der Waals surface area contributed by atoms with E-state index >= 15 is 0 Å². The molecule has 43 heavy (non-hydrogen) atoms. The lowest BCUT2D eigenvalue weighted by Gasteiger charge is -2.29. The zero-order chi connectivity index (χ0) is 29.9. The van der Waals surface area contributed by atoms with Crippen LogP contribution in [0.3, 0.4) is 0 Å². The van der Waals surface area contributed by atoms with Crippen molar-refractivity contribution in [1.82, 2.24) is 25.5 Å². The third kappa shape index (κ3) is 4.68. The highest BCUT2D eigenvalue weighted by Gasteiger charge is 2.49. The van der Waals surface area contributed by atoms with E-state index < -0.39 is 23.5 Å². The van der Waals surface area contributed by atoms with Gasteiger partial charge in [-0.1, -0.05) is 12.3 Å². The van der Waals surface area contributed by atoms with Gasteiger partial charge >= 0.3 is 6.03 Å². The molecule has 1 saturated heterocycles. The number of nitrogens with zero attached hydrogens (tertiary/aromatic N) is 3. The molecule has 12 heteroatoms. The van der Waals surface area contributed by atoms with Crippen molar-refractivity contribution in [1.29, 1.82) is 0 Å². The summed E-state index contributed by atoms with van der Waals surface area (Å²) in [5.41, 5.74) is 1.67. The summed E-state index contributed by atoms with van der Waals surface area (Å²) in [5.74, 6) is 3.20. The molecule has 3 fully saturated rings. The Hall–Kier alpha value is -4.50. The number of thiazole rings is 1. The second-order valence-corrected chi connectivity index (χ2v) is 12.6. The molecule has 0 spiro atoms. The molecule has 1 unspecified atom stereocenters. The van der Waals surface area contributed by atoms with E-state index in [1.54, 1.807) is 19.2 Å². The molecular formula is C31H30N6O5S. The third-order valence-corrected chi connectivity index (χ3v) is 10.1. The number of carbonyl (C=O) groups is 4. The number of fused-ring (bicyclic) bond motifs is 2. The number of methoxy groups -OCH3 is 1. The number of benzene rings is 1. The van der Waals surface area contributed by atoms with Crippen molar-refractivity contribution in [3.63, 3.8) is 0 Å². The van der Waals surface area contributed by atoms with Crippen LogP contribution in [0, 0.1) is 18.3 Å². The third-order valence-electron chi connectivity index (χ3n) is 8.96. The van der Waals surface area contributed by atoms with Gasteiger partial charge in [0.2, 0.25) is 11.8 Å². The maximum atomic E-state index is 13.4. The summed E-state index contributed by atoms with van der Waals surface area (Å²) in [6.45, 7) is 0.102. The van der Waals surface area contributed by atoms with Crippen molar-refractivity contribution in [3.05, 3.63) is 46.1 Å². The molecule has 0 bridgehead atoms. The Morgan fingerprint density at radius 1 is 1.16 bits per heavy atom. The van der Waals surface area contributed by atoms with Gasteiger partial charge in [0.15, 0.2) is 5.54 Å². The van der Waals surface area contributed by atoms with E-state index in [0.29, 0.717) is 27.9 Å². The first-order chi connectivity index (χ1) is 20.8.